The number of pyridine rings is 1. The molecule has 2 N–H and O–H groups in total. The Labute approximate surface area is 162 Å². The minimum Gasteiger partial charge on any atom is -0.484 e. The van der Waals surface area contributed by atoms with E-state index in [0.717, 1.165) is 35.0 Å². The van der Waals surface area contributed by atoms with Crippen molar-refractivity contribution < 1.29 is 19.1 Å². The van der Waals surface area contributed by atoms with Gasteiger partial charge in [0.05, 0.1) is 11.1 Å². The second-order valence-electron chi connectivity index (χ2n) is 6.86. The van der Waals surface area contributed by atoms with Crippen molar-refractivity contribution in [3.8, 4) is 5.75 Å². The number of aromatic nitrogens is 1. The lowest BCUT2D eigenvalue weighted by Crippen LogP contribution is -2.20. The summed E-state index contributed by atoms with van der Waals surface area (Å²) in [6.07, 6.45) is 2.22. The van der Waals surface area contributed by atoms with E-state index in [4.69, 9.17) is 15.2 Å². The fourth-order valence-corrected chi connectivity index (χ4v) is 3.06. The van der Waals surface area contributed by atoms with E-state index >= 15 is 0 Å². The molecule has 0 saturated heterocycles. The van der Waals surface area contributed by atoms with E-state index in [9.17, 15) is 9.59 Å². The lowest BCUT2D eigenvalue weighted by atomic mass is 10.1. The summed E-state index contributed by atoms with van der Waals surface area (Å²) in [4.78, 5) is 28.3. The summed E-state index contributed by atoms with van der Waals surface area (Å²) in [5, 5.41) is 0.787. The van der Waals surface area contributed by atoms with Gasteiger partial charge in [0.25, 0.3) is 5.91 Å². The van der Waals surface area contributed by atoms with Crippen LogP contribution in [0.3, 0.4) is 0 Å². The molecule has 1 aliphatic carbocycles. The number of amides is 1. The van der Waals surface area contributed by atoms with Crippen molar-refractivity contribution in [1.82, 2.24) is 4.98 Å². The van der Waals surface area contributed by atoms with Crippen molar-refractivity contribution in [3.63, 3.8) is 0 Å². The molecule has 1 fully saturated rings. The minimum atomic E-state index is -0.548. The van der Waals surface area contributed by atoms with E-state index in [-0.39, 0.29) is 19.2 Å². The Bertz CT molecular complexity index is 1040. The van der Waals surface area contributed by atoms with Crippen molar-refractivity contribution in [2.45, 2.75) is 25.4 Å². The topological polar surface area (TPSA) is 91.5 Å². The van der Waals surface area contributed by atoms with Gasteiger partial charge in [0.1, 0.15) is 12.4 Å². The number of nitrogens with two attached hydrogens (primary N) is 1. The molecule has 1 aliphatic rings. The zero-order chi connectivity index (χ0) is 19.5. The molecule has 6 heteroatoms. The molecule has 0 spiro atoms. The average Bonchev–Trinajstić information content (AvgIpc) is 3.55. The highest BCUT2D eigenvalue weighted by Crippen LogP contribution is 2.40. The van der Waals surface area contributed by atoms with Gasteiger partial charge < -0.3 is 15.2 Å². The normalized spacial score (nSPS) is 13.3. The summed E-state index contributed by atoms with van der Waals surface area (Å²) >= 11 is 0. The van der Waals surface area contributed by atoms with Crippen LogP contribution in [-0.2, 0) is 16.1 Å². The van der Waals surface area contributed by atoms with Crippen molar-refractivity contribution >= 4 is 22.8 Å². The number of carbonyl (C=O) groups is 2. The Balaban J connectivity index is 1.51. The lowest BCUT2D eigenvalue weighted by molar-refractivity contribution is -0.119. The smallest absolute Gasteiger partial charge is 0.339 e. The van der Waals surface area contributed by atoms with Gasteiger partial charge in [0.2, 0.25) is 0 Å². The molecule has 3 aromatic rings. The second-order valence-corrected chi connectivity index (χ2v) is 6.86. The van der Waals surface area contributed by atoms with E-state index in [1.54, 1.807) is 18.2 Å². The molecule has 142 valence electrons. The largest absolute Gasteiger partial charge is 0.484 e. The third kappa shape index (κ3) is 4.11. The van der Waals surface area contributed by atoms with E-state index in [1.165, 1.54) is 0 Å². The van der Waals surface area contributed by atoms with Crippen molar-refractivity contribution in [3.05, 3.63) is 71.4 Å². The summed E-state index contributed by atoms with van der Waals surface area (Å²) in [7, 11) is 0. The summed E-state index contributed by atoms with van der Waals surface area (Å²) in [5.41, 5.74) is 8.14. The highest BCUT2D eigenvalue weighted by molar-refractivity contribution is 6.03. The molecule has 0 bridgehead atoms. The Morgan fingerprint density at radius 3 is 2.68 bits per heavy atom. The third-order valence-electron chi connectivity index (χ3n) is 4.60. The number of benzene rings is 2. The molecule has 0 radical (unpaired) electrons. The van der Waals surface area contributed by atoms with Gasteiger partial charge in [-0.25, -0.2) is 4.79 Å². The average molecular weight is 376 g/mol. The SMILES string of the molecule is NC(=O)COc1cccc(COC(=O)c2cc(C3CC3)nc3ccccc23)c1. The molecular formula is C22H20N2O4. The summed E-state index contributed by atoms with van der Waals surface area (Å²) in [5.74, 6) is 0.00444. The fourth-order valence-electron chi connectivity index (χ4n) is 3.06. The monoisotopic (exact) mass is 376 g/mol. The van der Waals surface area contributed by atoms with Crippen molar-refractivity contribution in [1.29, 1.82) is 0 Å². The summed E-state index contributed by atoms with van der Waals surface area (Å²) < 4.78 is 10.8. The number of hydrogen-bond donors (Lipinski definition) is 1. The number of primary amides is 1. The van der Waals surface area contributed by atoms with Gasteiger partial charge in [-0.05, 0) is 42.7 Å². The zero-order valence-corrected chi connectivity index (χ0v) is 15.3. The van der Waals surface area contributed by atoms with E-state index < -0.39 is 5.91 Å². The van der Waals surface area contributed by atoms with Crippen LogP contribution in [0.4, 0.5) is 0 Å². The maximum Gasteiger partial charge on any atom is 0.339 e. The van der Waals surface area contributed by atoms with E-state index in [1.807, 2.05) is 36.4 Å². The van der Waals surface area contributed by atoms with Crippen LogP contribution in [0.5, 0.6) is 5.75 Å². The fraction of sp³-hybridized carbons (Fsp3) is 0.227. The number of hydrogen-bond acceptors (Lipinski definition) is 5. The van der Waals surface area contributed by atoms with Gasteiger partial charge in [0, 0.05) is 17.0 Å². The van der Waals surface area contributed by atoms with Crippen LogP contribution in [0.25, 0.3) is 10.9 Å². The van der Waals surface area contributed by atoms with Gasteiger partial charge in [-0.3, -0.25) is 9.78 Å². The Kier molecular flexibility index (Phi) is 4.93. The maximum atomic E-state index is 12.8. The van der Waals surface area contributed by atoms with E-state index in [2.05, 4.69) is 4.98 Å². The third-order valence-corrected chi connectivity index (χ3v) is 4.60. The predicted molar refractivity (Wildman–Crippen MR) is 104 cm³/mol. The number of ether oxygens (including phenoxy) is 2. The van der Waals surface area contributed by atoms with Crippen LogP contribution in [0.2, 0.25) is 0 Å². The van der Waals surface area contributed by atoms with Crippen LogP contribution >= 0.6 is 0 Å². The number of nitrogens with zero attached hydrogens (tertiary/aromatic N) is 1. The van der Waals surface area contributed by atoms with Gasteiger partial charge in [-0.1, -0.05) is 30.3 Å². The van der Waals surface area contributed by atoms with Crippen LogP contribution < -0.4 is 10.5 Å². The number of carbonyl (C=O) groups excluding carboxylic acids is 2. The highest BCUT2D eigenvalue weighted by atomic mass is 16.5. The molecule has 1 heterocycles. The number of para-hydroxylation sites is 1. The zero-order valence-electron chi connectivity index (χ0n) is 15.3. The molecule has 0 unspecified atom stereocenters. The Morgan fingerprint density at radius 2 is 1.89 bits per heavy atom. The van der Waals surface area contributed by atoms with Crippen molar-refractivity contribution in [2.24, 2.45) is 5.73 Å². The first-order chi connectivity index (χ1) is 13.6. The second kappa shape index (κ2) is 7.68. The minimum absolute atomic E-state index is 0.0992. The van der Waals surface area contributed by atoms with Gasteiger partial charge in [-0.2, -0.15) is 0 Å². The quantitative estimate of drug-likeness (QED) is 0.639. The molecule has 1 saturated carbocycles. The molecule has 1 amide bonds. The van der Waals surface area contributed by atoms with Crippen LogP contribution in [-0.4, -0.2) is 23.5 Å². The highest BCUT2D eigenvalue weighted by Gasteiger charge is 2.27. The van der Waals surface area contributed by atoms with Crippen LogP contribution in [0, 0.1) is 0 Å². The molecule has 1 aromatic heterocycles. The van der Waals surface area contributed by atoms with Crippen LogP contribution in [0.15, 0.2) is 54.6 Å². The molecule has 4 rings (SSSR count). The molecule has 28 heavy (non-hydrogen) atoms. The number of esters is 1. The Morgan fingerprint density at radius 1 is 1.07 bits per heavy atom. The molecule has 2 aromatic carbocycles. The molecule has 6 nitrogen and oxygen atoms in total. The first kappa shape index (κ1) is 18.0. The van der Waals surface area contributed by atoms with Gasteiger partial charge in [-0.15, -0.1) is 0 Å². The van der Waals surface area contributed by atoms with Gasteiger partial charge >= 0.3 is 5.97 Å². The first-order valence-corrected chi connectivity index (χ1v) is 9.17. The number of fused-ring (bicyclic) bond motifs is 1. The van der Waals surface area contributed by atoms with Crippen LogP contribution in [0.1, 0.15) is 40.4 Å². The van der Waals surface area contributed by atoms with Gasteiger partial charge in [0.15, 0.2) is 6.61 Å². The summed E-state index contributed by atoms with van der Waals surface area (Å²) in [6.45, 7) is -0.0990. The molecule has 0 aliphatic heterocycles. The lowest BCUT2D eigenvalue weighted by Gasteiger charge is -2.10. The Hall–Kier alpha value is -3.41. The van der Waals surface area contributed by atoms with E-state index in [0.29, 0.717) is 17.2 Å². The molecular weight excluding hydrogens is 356 g/mol. The first-order valence-electron chi connectivity index (χ1n) is 9.17. The molecule has 0 atom stereocenters. The standard InChI is InChI=1S/C22H20N2O4/c23-21(25)13-27-16-5-3-4-14(10-16)12-28-22(26)18-11-20(15-8-9-15)24-19-7-2-1-6-17(18)19/h1-7,10-11,15H,8-9,12-13H2,(H2,23,25). The predicted octanol–water partition coefficient (Wildman–Crippen LogP) is 3.33. The van der Waals surface area contributed by atoms with Crippen molar-refractivity contribution in [2.75, 3.05) is 6.61 Å². The number of rotatable bonds is 7. The maximum absolute atomic E-state index is 12.8. The summed E-state index contributed by atoms with van der Waals surface area (Å²) in [6, 6.07) is 16.5.